The highest BCUT2D eigenvalue weighted by Gasteiger charge is 2.26. The van der Waals surface area contributed by atoms with Crippen molar-refractivity contribution in [1.29, 1.82) is 0 Å². The van der Waals surface area contributed by atoms with Gasteiger partial charge in [-0.2, -0.15) is 0 Å². The van der Waals surface area contributed by atoms with Gasteiger partial charge in [0.25, 0.3) is 0 Å². The van der Waals surface area contributed by atoms with Crippen LogP contribution in [-0.4, -0.2) is 23.1 Å². The zero-order chi connectivity index (χ0) is 9.54. The second-order valence-electron chi connectivity index (χ2n) is 4.62. The van der Waals surface area contributed by atoms with E-state index < -0.39 is 0 Å². The lowest BCUT2D eigenvalue weighted by Crippen LogP contribution is -2.09. The highest BCUT2D eigenvalue weighted by atomic mass is 15.0. The summed E-state index contributed by atoms with van der Waals surface area (Å²) in [7, 11) is 0. The van der Waals surface area contributed by atoms with Crippen molar-refractivity contribution >= 4 is 0 Å². The fourth-order valence-corrected chi connectivity index (χ4v) is 2.62. The second kappa shape index (κ2) is 3.09. The number of aromatic nitrogens is 2. The van der Waals surface area contributed by atoms with Gasteiger partial charge in [0.2, 0.25) is 0 Å². The van der Waals surface area contributed by atoms with Crippen molar-refractivity contribution in [2.45, 2.75) is 38.0 Å². The Morgan fingerprint density at radius 1 is 1.36 bits per heavy atom. The number of H-pyrrole nitrogens is 1. The number of aryl methyl sites for hydroxylation is 1. The first-order valence-electron chi connectivity index (χ1n) is 5.64. The number of fused-ring (bicyclic) bond motifs is 1. The van der Waals surface area contributed by atoms with Crippen LogP contribution in [0, 0.1) is 0 Å². The van der Waals surface area contributed by atoms with Crippen LogP contribution in [0.25, 0.3) is 0 Å². The summed E-state index contributed by atoms with van der Waals surface area (Å²) in [5, 5.41) is 3.39. The van der Waals surface area contributed by atoms with Gasteiger partial charge in [-0.25, -0.2) is 4.98 Å². The Hall–Kier alpha value is -0.830. The van der Waals surface area contributed by atoms with Gasteiger partial charge in [0.05, 0.1) is 5.69 Å². The molecule has 3 rings (SSSR count). The van der Waals surface area contributed by atoms with Crippen LogP contribution >= 0.6 is 0 Å². The van der Waals surface area contributed by atoms with Gasteiger partial charge in [0.15, 0.2) is 0 Å². The average molecular weight is 191 g/mol. The summed E-state index contributed by atoms with van der Waals surface area (Å²) in [5.74, 6) is 2.53. The summed E-state index contributed by atoms with van der Waals surface area (Å²) in [6, 6.07) is 0. The molecule has 1 saturated heterocycles. The minimum Gasteiger partial charge on any atom is -0.345 e. The fourth-order valence-electron chi connectivity index (χ4n) is 2.62. The van der Waals surface area contributed by atoms with E-state index in [0.29, 0.717) is 11.8 Å². The molecule has 1 fully saturated rings. The van der Waals surface area contributed by atoms with Crippen molar-refractivity contribution in [3.8, 4) is 0 Å². The van der Waals surface area contributed by atoms with Crippen LogP contribution in [0.4, 0.5) is 0 Å². The predicted molar refractivity (Wildman–Crippen MR) is 55.6 cm³/mol. The van der Waals surface area contributed by atoms with Crippen molar-refractivity contribution < 1.29 is 0 Å². The number of imidazole rings is 1. The largest absolute Gasteiger partial charge is 0.345 e. The number of nitrogens with one attached hydrogen (secondary N) is 2. The van der Waals surface area contributed by atoms with Crippen molar-refractivity contribution in [3.05, 3.63) is 17.2 Å². The third kappa shape index (κ3) is 1.19. The van der Waals surface area contributed by atoms with E-state index >= 15 is 0 Å². The van der Waals surface area contributed by atoms with Crippen molar-refractivity contribution in [2.75, 3.05) is 13.1 Å². The van der Waals surface area contributed by atoms with Gasteiger partial charge in [0.1, 0.15) is 5.82 Å². The van der Waals surface area contributed by atoms with Gasteiger partial charge < -0.3 is 10.3 Å². The Morgan fingerprint density at radius 3 is 3.00 bits per heavy atom. The molecule has 1 aromatic rings. The molecule has 0 radical (unpaired) electrons. The Morgan fingerprint density at radius 2 is 2.29 bits per heavy atom. The molecule has 1 aliphatic carbocycles. The topological polar surface area (TPSA) is 40.7 Å². The molecule has 0 saturated carbocycles. The minimum atomic E-state index is 0.632. The van der Waals surface area contributed by atoms with Crippen molar-refractivity contribution in [3.63, 3.8) is 0 Å². The molecule has 2 aliphatic rings. The quantitative estimate of drug-likeness (QED) is 0.707. The molecular weight excluding hydrogens is 174 g/mol. The summed E-state index contributed by atoms with van der Waals surface area (Å²) in [6.45, 7) is 4.52. The summed E-state index contributed by atoms with van der Waals surface area (Å²) < 4.78 is 0. The molecule has 3 nitrogen and oxygen atoms in total. The van der Waals surface area contributed by atoms with Gasteiger partial charge in [0, 0.05) is 24.1 Å². The van der Waals surface area contributed by atoms with E-state index in [9.17, 15) is 0 Å². The first-order valence-corrected chi connectivity index (χ1v) is 5.64. The molecule has 2 N–H and O–H groups in total. The molecule has 76 valence electrons. The normalized spacial score (nSPS) is 30.9. The number of rotatable bonds is 1. The standard InChI is InChI=1S/C11H17N3/c1-7-2-3-9-10(7)14-11(13-9)8-4-5-12-6-8/h7-8,12H,2-6H2,1H3,(H,13,14). The van der Waals surface area contributed by atoms with E-state index in [4.69, 9.17) is 4.98 Å². The summed E-state index contributed by atoms with van der Waals surface area (Å²) >= 11 is 0. The minimum absolute atomic E-state index is 0.632. The van der Waals surface area contributed by atoms with Crippen LogP contribution < -0.4 is 5.32 Å². The molecule has 1 aromatic heterocycles. The highest BCUT2D eigenvalue weighted by Crippen LogP contribution is 2.32. The molecule has 1 aliphatic heterocycles. The van der Waals surface area contributed by atoms with E-state index in [0.717, 1.165) is 13.1 Å². The Balaban J connectivity index is 1.90. The third-order valence-electron chi connectivity index (χ3n) is 3.57. The Bertz CT molecular complexity index is 336. The maximum absolute atomic E-state index is 4.76. The Kier molecular flexibility index (Phi) is 1.87. The smallest absolute Gasteiger partial charge is 0.111 e. The summed E-state index contributed by atoms with van der Waals surface area (Å²) in [5.41, 5.74) is 2.74. The molecule has 2 unspecified atom stereocenters. The van der Waals surface area contributed by atoms with Gasteiger partial charge >= 0.3 is 0 Å². The Labute approximate surface area is 84.3 Å². The van der Waals surface area contributed by atoms with E-state index in [2.05, 4.69) is 17.2 Å². The van der Waals surface area contributed by atoms with Gasteiger partial charge in [-0.1, -0.05) is 6.92 Å². The molecule has 0 bridgehead atoms. The van der Waals surface area contributed by atoms with E-state index in [1.807, 2.05) is 0 Å². The molecule has 3 heteroatoms. The first kappa shape index (κ1) is 8.48. The predicted octanol–water partition coefficient (Wildman–Crippen LogP) is 1.54. The molecule has 0 aromatic carbocycles. The SMILES string of the molecule is CC1CCc2[nH]c(C3CCNC3)nc21. The van der Waals surface area contributed by atoms with Crippen molar-refractivity contribution in [1.82, 2.24) is 15.3 Å². The zero-order valence-corrected chi connectivity index (χ0v) is 8.64. The lowest BCUT2D eigenvalue weighted by Gasteiger charge is -2.04. The first-order chi connectivity index (χ1) is 6.84. The molecular formula is C11H17N3. The van der Waals surface area contributed by atoms with Crippen LogP contribution in [0.1, 0.15) is 48.8 Å². The lowest BCUT2D eigenvalue weighted by molar-refractivity contribution is 0.675. The molecule has 0 spiro atoms. The van der Waals surface area contributed by atoms with Gasteiger partial charge in [-0.15, -0.1) is 0 Å². The zero-order valence-electron chi connectivity index (χ0n) is 8.64. The summed E-state index contributed by atoms with van der Waals surface area (Å²) in [6.07, 6.45) is 3.71. The number of hydrogen-bond acceptors (Lipinski definition) is 2. The average Bonchev–Trinajstić information content (AvgIpc) is 2.83. The highest BCUT2D eigenvalue weighted by molar-refractivity contribution is 5.25. The van der Waals surface area contributed by atoms with E-state index in [1.54, 1.807) is 0 Å². The van der Waals surface area contributed by atoms with Crippen LogP contribution in [0.3, 0.4) is 0 Å². The monoisotopic (exact) mass is 191 g/mol. The van der Waals surface area contributed by atoms with Crippen LogP contribution in [0.2, 0.25) is 0 Å². The maximum Gasteiger partial charge on any atom is 0.111 e. The molecule has 0 amide bonds. The van der Waals surface area contributed by atoms with Gasteiger partial charge in [-0.05, 0) is 25.8 Å². The van der Waals surface area contributed by atoms with Crippen LogP contribution in [0.5, 0.6) is 0 Å². The fraction of sp³-hybridized carbons (Fsp3) is 0.727. The molecule has 14 heavy (non-hydrogen) atoms. The second-order valence-corrected chi connectivity index (χ2v) is 4.62. The number of nitrogens with zero attached hydrogens (tertiary/aromatic N) is 1. The van der Waals surface area contributed by atoms with E-state index in [-0.39, 0.29) is 0 Å². The third-order valence-corrected chi connectivity index (χ3v) is 3.57. The lowest BCUT2D eigenvalue weighted by atomic mass is 10.1. The van der Waals surface area contributed by atoms with Crippen LogP contribution in [0.15, 0.2) is 0 Å². The van der Waals surface area contributed by atoms with E-state index in [1.165, 1.54) is 36.5 Å². The molecule has 2 heterocycles. The maximum atomic E-state index is 4.76. The molecule has 2 atom stereocenters. The number of aromatic amines is 1. The van der Waals surface area contributed by atoms with Crippen LogP contribution in [-0.2, 0) is 6.42 Å². The number of hydrogen-bond donors (Lipinski definition) is 2. The van der Waals surface area contributed by atoms with Gasteiger partial charge in [-0.3, -0.25) is 0 Å². The summed E-state index contributed by atoms with van der Waals surface area (Å²) in [4.78, 5) is 8.27. The van der Waals surface area contributed by atoms with Crippen molar-refractivity contribution in [2.24, 2.45) is 0 Å².